The number of benzene rings is 1. The van der Waals surface area contributed by atoms with Crippen molar-refractivity contribution in [1.29, 1.82) is 0 Å². The van der Waals surface area contributed by atoms with Crippen LogP contribution >= 0.6 is 0 Å². The van der Waals surface area contributed by atoms with E-state index in [-0.39, 0.29) is 5.69 Å². The summed E-state index contributed by atoms with van der Waals surface area (Å²) in [5.41, 5.74) is 4.32. The average Bonchev–Trinajstić information content (AvgIpc) is 3.37. The zero-order valence-electron chi connectivity index (χ0n) is 17.1. The second kappa shape index (κ2) is 7.95. The number of hydrogen-bond acceptors (Lipinski definition) is 4. The first-order valence-corrected chi connectivity index (χ1v) is 10.5. The molecule has 150 valence electrons. The van der Waals surface area contributed by atoms with Crippen LogP contribution in [0, 0.1) is 12.8 Å². The maximum absolute atomic E-state index is 12.5. The molecule has 1 aliphatic rings. The Morgan fingerprint density at radius 1 is 1.14 bits per heavy atom. The lowest BCUT2D eigenvalue weighted by molar-refractivity contribution is 0.329. The van der Waals surface area contributed by atoms with Crippen LogP contribution in [0.1, 0.15) is 50.1 Å². The standard InChI is InChI=1S/C22H30N4O2/c1-4-25-20-10-9-16(12-21(20)26(5-2)22(25)27)14-23-19-8-6-7-17(19)13-18-11-15(3)24-28-18/h9-12,17,19,23H,4-8,13-14H2,1-3H3/t17-,19+/m0/s1. The summed E-state index contributed by atoms with van der Waals surface area (Å²) in [4.78, 5) is 12.5. The van der Waals surface area contributed by atoms with Crippen molar-refractivity contribution in [2.75, 3.05) is 0 Å². The van der Waals surface area contributed by atoms with Gasteiger partial charge in [-0.2, -0.15) is 0 Å². The van der Waals surface area contributed by atoms with Gasteiger partial charge >= 0.3 is 5.69 Å². The van der Waals surface area contributed by atoms with E-state index in [0.717, 1.165) is 35.5 Å². The molecular formula is C22H30N4O2. The highest BCUT2D eigenvalue weighted by molar-refractivity contribution is 5.77. The summed E-state index contributed by atoms with van der Waals surface area (Å²) in [5.74, 6) is 1.58. The van der Waals surface area contributed by atoms with E-state index in [1.54, 1.807) is 0 Å². The summed E-state index contributed by atoms with van der Waals surface area (Å²) < 4.78 is 9.14. The van der Waals surface area contributed by atoms with Gasteiger partial charge in [-0.15, -0.1) is 0 Å². The normalized spacial score (nSPS) is 19.7. The fourth-order valence-electron chi connectivity index (χ4n) is 4.66. The van der Waals surface area contributed by atoms with Crippen LogP contribution in [-0.2, 0) is 26.1 Å². The number of aromatic nitrogens is 3. The predicted molar refractivity (Wildman–Crippen MR) is 110 cm³/mol. The van der Waals surface area contributed by atoms with Crippen LogP contribution in [0.15, 0.2) is 33.6 Å². The summed E-state index contributed by atoms with van der Waals surface area (Å²) in [5, 5.41) is 7.77. The van der Waals surface area contributed by atoms with Gasteiger partial charge in [0.2, 0.25) is 0 Å². The van der Waals surface area contributed by atoms with Crippen molar-refractivity contribution in [1.82, 2.24) is 19.6 Å². The van der Waals surface area contributed by atoms with Crippen LogP contribution in [0.5, 0.6) is 0 Å². The molecule has 3 aromatic rings. The minimum atomic E-state index is 0.0864. The van der Waals surface area contributed by atoms with Gasteiger partial charge in [-0.3, -0.25) is 9.13 Å². The molecule has 0 radical (unpaired) electrons. The van der Waals surface area contributed by atoms with Gasteiger partial charge in [-0.1, -0.05) is 17.6 Å². The van der Waals surface area contributed by atoms with Crippen LogP contribution < -0.4 is 11.0 Å². The minimum Gasteiger partial charge on any atom is -0.361 e. The van der Waals surface area contributed by atoms with E-state index in [1.165, 1.54) is 24.8 Å². The average molecular weight is 383 g/mol. The van der Waals surface area contributed by atoms with Gasteiger partial charge in [0, 0.05) is 38.2 Å². The van der Waals surface area contributed by atoms with Crippen molar-refractivity contribution < 1.29 is 4.52 Å². The summed E-state index contributed by atoms with van der Waals surface area (Å²) in [7, 11) is 0. The van der Waals surface area contributed by atoms with E-state index in [9.17, 15) is 4.79 Å². The zero-order chi connectivity index (χ0) is 19.7. The van der Waals surface area contributed by atoms with Gasteiger partial charge in [0.05, 0.1) is 16.7 Å². The van der Waals surface area contributed by atoms with Crippen molar-refractivity contribution in [3.63, 3.8) is 0 Å². The highest BCUT2D eigenvalue weighted by Crippen LogP contribution is 2.29. The third kappa shape index (κ3) is 3.53. The summed E-state index contributed by atoms with van der Waals surface area (Å²) >= 11 is 0. The van der Waals surface area contributed by atoms with Gasteiger partial charge in [-0.25, -0.2) is 4.79 Å². The lowest BCUT2D eigenvalue weighted by Crippen LogP contribution is -2.32. The van der Waals surface area contributed by atoms with Gasteiger partial charge in [0.1, 0.15) is 5.76 Å². The Balaban J connectivity index is 1.48. The number of nitrogens with one attached hydrogen (secondary N) is 1. The molecule has 1 saturated carbocycles. The smallest absolute Gasteiger partial charge is 0.329 e. The number of hydrogen-bond donors (Lipinski definition) is 1. The molecule has 1 fully saturated rings. The lowest BCUT2D eigenvalue weighted by Gasteiger charge is -2.20. The zero-order valence-corrected chi connectivity index (χ0v) is 17.1. The van der Waals surface area contributed by atoms with Crippen molar-refractivity contribution in [3.8, 4) is 0 Å². The quantitative estimate of drug-likeness (QED) is 0.678. The molecule has 6 nitrogen and oxygen atoms in total. The molecule has 2 heterocycles. The van der Waals surface area contributed by atoms with Crippen LogP contribution in [-0.4, -0.2) is 20.3 Å². The van der Waals surface area contributed by atoms with Gasteiger partial charge in [0.15, 0.2) is 0 Å². The van der Waals surface area contributed by atoms with Crippen molar-refractivity contribution >= 4 is 11.0 Å². The van der Waals surface area contributed by atoms with E-state index in [0.29, 0.717) is 25.0 Å². The Labute approximate surface area is 165 Å². The van der Waals surface area contributed by atoms with Gasteiger partial charge in [-0.05, 0) is 57.2 Å². The Bertz CT molecular complexity index is 1010. The van der Waals surface area contributed by atoms with E-state index >= 15 is 0 Å². The molecule has 0 saturated heterocycles. The number of rotatable bonds is 7. The van der Waals surface area contributed by atoms with Crippen molar-refractivity contribution in [2.24, 2.45) is 5.92 Å². The molecule has 1 N–H and O–H groups in total. The molecule has 4 rings (SSSR count). The molecule has 2 aromatic heterocycles. The molecule has 0 spiro atoms. The molecule has 2 atom stereocenters. The Morgan fingerprint density at radius 3 is 2.64 bits per heavy atom. The van der Waals surface area contributed by atoms with Gasteiger partial charge < -0.3 is 9.84 Å². The summed E-state index contributed by atoms with van der Waals surface area (Å²) in [6.07, 6.45) is 4.63. The molecule has 6 heteroatoms. The topological polar surface area (TPSA) is 65.0 Å². The number of nitrogens with zero attached hydrogens (tertiary/aromatic N) is 3. The van der Waals surface area contributed by atoms with Crippen LogP contribution in [0.4, 0.5) is 0 Å². The minimum absolute atomic E-state index is 0.0864. The number of fused-ring (bicyclic) bond motifs is 1. The maximum atomic E-state index is 12.5. The fourth-order valence-corrected chi connectivity index (χ4v) is 4.66. The third-order valence-electron chi connectivity index (χ3n) is 6.08. The maximum Gasteiger partial charge on any atom is 0.329 e. The predicted octanol–water partition coefficient (Wildman–Crippen LogP) is 3.64. The highest BCUT2D eigenvalue weighted by atomic mass is 16.5. The Morgan fingerprint density at radius 2 is 1.93 bits per heavy atom. The molecule has 1 aliphatic carbocycles. The molecule has 1 aromatic carbocycles. The molecule has 0 amide bonds. The highest BCUT2D eigenvalue weighted by Gasteiger charge is 2.28. The van der Waals surface area contributed by atoms with E-state index < -0.39 is 0 Å². The first kappa shape index (κ1) is 19.0. The SMILES string of the molecule is CCn1c(=O)n(CC)c2cc(CN[C@@H]3CCC[C@H]3Cc3cc(C)no3)ccc21. The second-order valence-corrected chi connectivity index (χ2v) is 7.91. The molecule has 28 heavy (non-hydrogen) atoms. The molecule has 0 unspecified atom stereocenters. The number of imidazole rings is 1. The van der Waals surface area contributed by atoms with E-state index in [1.807, 2.05) is 36.0 Å². The molecule has 0 bridgehead atoms. The van der Waals surface area contributed by atoms with Crippen molar-refractivity contribution in [2.45, 2.75) is 72.1 Å². The summed E-state index contributed by atoms with van der Waals surface area (Å²) in [6, 6.07) is 8.95. The fraction of sp³-hybridized carbons (Fsp3) is 0.545. The van der Waals surface area contributed by atoms with Gasteiger partial charge in [0.25, 0.3) is 0 Å². The van der Waals surface area contributed by atoms with Crippen LogP contribution in [0.3, 0.4) is 0 Å². The largest absolute Gasteiger partial charge is 0.361 e. The molecule has 0 aliphatic heterocycles. The summed E-state index contributed by atoms with van der Waals surface area (Å²) in [6.45, 7) is 8.23. The van der Waals surface area contributed by atoms with Crippen LogP contribution in [0.2, 0.25) is 0 Å². The van der Waals surface area contributed by atoms with Crippen LogP contribution in [0.25, 0.3) is 11.0 Å². The number of aryl methyl sites for hydroxylation is 3. The monoisotopic (exact) mass is 382 g/mol. The lowest BCUT2D eigenvalue weighted by atomic mass is 9.97. The Kier molecular flexibility index (Phi) is 5.40. The first-order valence-electron chi connectivity index (χ1n) is 10.5. The molecular weight excluding hydrogens is 352 g/mol. The Hall–Kier alpha value is -2.34. The van der Waals surface area contributed by atoms with Crippen molar-refractivity contribution in [3.05, 3.63) is 51.8 Å². The first-order chi connectivity index (χ1) is 13.6. The van der Waals surface area contributed by atoms with E-state index in [4.69, 9.17) is 4.52 Å². The third-order valence-corrected chi connectivity index (χ3v) is 6.08. The second-order valence-electron chi connectivity index (χ2n) is 7.91. The van der Waals surface area contributed by atoms with E-state index in [2.05, 4.69) is 28.7 Å².